The molecule has 10 heavy (non-hydrogen) atoms. The van der Waals surface area contributed by atoms with Crippen molar-refractivity contribution in [2.45, 2.75) is 32.9 Å². The lowest BCUT2D eigenvalue weighted by atomic mass is 10.2. The van der Waals surface area contributed by atoms with Crippen molar-refractivity contribution in [2.75, 3.05) is 5.75 Å². The predicted octanol–water partition coefficient (Wildman–Crippen LogP) is 0.872. The molecule has 0 rings (SSSR count). The van der Waals surface area contributed by atoms with Gasteiger partial charge >= 0.3 is 0 Å². The third-order valence-corrected chi connectivity index (χ3v) is 1.57. The summed E-state index contributed by atoms with van der Waals surface area (Å²) in [5.74, 6) is 0.733. The molecule has 1 unspecified atom stereocenters. The summed E-state index contributed by atoms with van der Waals surface area (Å²) in [4.78, 5) is 10.8. The summed E-state index contributed by atoms with van der Waals surface area (Å²) in [5.41, 5.74) is 0. The molecule has 60 valence electrons. The molecule has 0 aromatic rings. The van der Waals surface area contributed by atoms with Crippen LogP contribution in [0.3, 0.4) is 0 Å². The van der Waals surface area contributed by atoms with Crippen molar-refractivity contribution in [3.63, 3.8) is 0 Å². The summed E-state index contributed by atoms with van der Waals surface area (Å²) in [6.07, 6.45) is 0. The zero-order chi connectivity index (χ0) is 8.15. The Labute approximate surface area is 67.8 Å². The van der Waals surface area contributed by atoms with Crippen molar-refractivity contribution in [1.82, 2.24) is 5.32 Å². The van der Waals surface area contributed by atoms with Crippen LogP contribution < -0.4 is 5.32 Å². The molecular formula is C7H15NOS. The summed E-state index contributed by atoms with van der Waals surface area (Å²) in [5, 5.41) is 3.10. The van der Waals surface area contributed by atoms with Gasteiger partial charge in [0.05, 0.1) is 6.04 Å². The maximum atomic E-state index is 10.8. The molecule has 3 heteroatoms. The minimum atomic E-state index is -0.0802. The quantitative estimate of drug-likeness (QED) is 0.599. The second-order valence-electron chi connectivity index (χ2n) is 2.67. The maximum Gasteiger partial charge on any atom is 0.147 e. The highest BCUT2D eigenvalue weighted by Gasteiger charge is 2.11. The van der Waals surface area contributed by atoms with Crippen LogP contribution in [0.4, 0.5) is 0 Å². The van der Waals surface area contributed by atoms with Crippen molar-refractivity contribution in [1.29, 1.82) is 0 Å². The van der Waals surface area contributed by atoms with Crippen LogP contribution in [0.25, 0.3) is 0 Å². The smallest absolute Gasteiger partial charge is 0.147 e. The number of hydrogen-bond donors (Lipinski definition) is 2. The van der Waals surface area contributed by atoms with Gasteiger partial charge in [-0.1, -0.05) is 13.8 Å². The normalized spacial score (nSPS) is 13.7. The van der Waals surface area contributed by atoms with Gasteiger partial charge in [-0.3, -0.25) is 4.79 Å². The third-order valence-electron chi connectivity index (χ3n) is 1.21. The molecule has 0 aromatic carbocycles. The fourth-order valence-corrected chi connectivity index (χ4v) is 1.06. The van der Waals surface area contributed by atoms with E-state index in [9.17, 15) is 4.79 Å². The first-order valence-electron chi connectivity index (χ1n) is 3.45. The van der Waals surface area contributed by atoms with E-state index in [0.717, 1.165) is 0 Å². The number of carbonyl (C=O) groups excluding carboxylic acids is 1. The van der Waals surface area contributed by atoms with Gasteiger partial charge < -0.3 is 5.32 Å². The predicted molar refractivity (Wildman–Crippen MR) is 46.6 cm³/mol. The molecule has 0 aromatic heterocycles. The van der Waals surface area contributed by atoms with Crippen molar-refractivity contribution < 1.29 is 4.79 Å². The van der Waals surface area contributed by atoms with Gasteiger partial charge in [0.2, 0.25) is 0 Å². The zero-order valence-electron chi connectivity index (χ0n) is 6.72. The number of nitrogens with one attached hydrogen (secondary N) is 1. The molecule has 0 saturated carbocycles. The first-order chi connectivity index (χ1) is 4.57. The summed E-state index contributed by atoms with van der Waals surface area (Å²) in [6.45, 7) is 5.61. The summed E-state index contributed by atoms with van der Waals surface area (Å²) in [6, 6.07) is 0.268. The Hall–Kier alpha value is -0.0200. The highest BCUT2D eigenvalue weighted by Crippen LogP contribution is 1.91. The highest BCUT2D eigenvalue weighted by molar-refractivity contribution is 7.80. The van der Waals surface area contributed by atoms with Crippen LogP contribution in [-0.2, 0) is 4.79 Å². The molecular weight excluding hydrogens is 146 g/mol. The molecule has 0 aliphatic carbocycles. The van der Waals surface area contributed by atoms with E-state index >= 15 is 0 Å². The molecule has 2 nitrogen and oxygen atoms in total. The summed E-state index contributed by atoms with van der Waals surface area (Å²) < 4.78 is 0. The number of carbonyl (C=O) groups is 1. The zero-order valence-corrected chi connectivity index (χ0v) is 7.61. The lowest BCUT2D eigenvalue weighted by Crippen LogP contribution is -2.41. The molecule has 1 atom stereocenters. The van der Waals surface area contributed by atoms with Crippen molar-refractivity contribution in [3.8, 4) is 0 Å². The van der Waals surface area contributed by atoms with Crippen LogP contribution in [0, 0.1) is 0 Å². The average molecular weight is 161 g/mol. The molecule has 0 fully saturated rings. The SMILES string of the molecule is CC(=O)C(CS)NC(C)C. The van der Waals surface area contributed by atoms with E-state index in [1.807, 2.05) is 13.8 Å². The van der Waals surface area contributed by atoms with Crippen LogP contribution in [0.2, 0.25) is 0 Å². The first kappa shape index (κ1) is 9.98. The fourth-order valence-electron chi connectivity index (χ4n) is 0.701. The highest BCUT2D eigenvalue weighted by atomic mass is 32.1. The third kappa shape index (κ3) is 3.90. The van der Waals surface area contributed by atoms with Gasteiger partial charge in [0, 0.05) is 11.8 Å². The van der Waals surface area contributed by atoms with Gasteiger partial charge in [-0.2, -0.15) is 12.6 Å². The fraction of sp³-hybridized carbons (Fsp3) is 0.857. The minimum Gasteiger partial charge on any atom is -0.305 e. The molecule has 0 aliphatic heterocycles. The van der Waals surface area contributed by atoms with Crippen molar-refractivity contribution >= 4 is 18.4 Å². The van der Waals surface area contributed by atoms with E-state index in [2.05, 4.69) is 17.9 Å². The van der Waals surface area contributed by atoms with E-state index in [1.54, 1.807) is 6.92 Å². The Morgan fingerprint density at radius 2 is 2.10 bits per heavy atom. The first-order valence-corrected chi connectivity index (χ1v) is 4.08. The minimum absolute atomic E-state index is 0.0802. The van der Waals surface area contributed by atoms with Crippen molar-refractivity contribution in [3.05, 3.63) is 0 Å². The molecule has 0 saturated heterocycles. The number of ketones is 1. The molecule has 0 aliphatic rings. The standard InChI is InChI=1S/C7H15NOS/c1-5(2)8-7(4-10)6(3)9/h5,7-8,10H,4H2,1-3H3. The maximum absolute atomic E-state index is 10.8. The van der Waals surface area contributed by atoms with E-state index in [1.165, 1.54) is 0 Å². The van der Waals surface area contributed by atoms with Gasteiger partial charge in [-0.15, -0.1) is 0 Å². The average Bonchev–Trinajstić information content (AvgIpc) is 1.81. The summed E-state index contributed by atoms with van der Waals surface area (Å²) >= 11 is 4.05. The molecule has 0 radical (unpaired) electrons. The lowest BCUT2D eigenvalue weighted by Gasteiger charge is -2.15. The summed E-state index contributed by atoms with van der Waals surface area (Å²) in [7, 11) is 0. The number of hydrogen-bond acceptors (Lipinski definition) is 3. The Balaban J connectivity index is 3.72. The molecule has 0 bridgehead atoms. The topological polar surface area (TPSA) is 29.1 Å². The Morgan fingerprint density at radius 1 is 1.60 bits per heavy atom. The number of thiol groups is 1. The van der Waals surface area contributed by atoms with Gasteiger partial charge in [0.15, 0.2) is 0 Å². The number of rotatable bonds is 4. The molecule has 0 amide bonds. The van der Waals surface area contributed by atoms with Crippen LogP contribution in [0.15, 0.2) is 0 Å². The van der Waals surface area contributed by atoms with Gasteiger partial charge in [-0.05, 0) is 6.92 Å². The van der Waals surface area contributed by atoms with E-state index in [-0.39, 0.29) is 11.8 Å². The van der Waals surface area contributed by atoms with Crippen LogP contribution in [0.5, 0.6) is 0 Å². The van der Waals surface area contributed by atoms with Gasteiger partial charge in [-0.25, -0.2) is 0 Å². The Bertz CT molecular complexity index is 114. The van der Waals surface area contributed by atoms with Gasteiger partial charge in [0.1, 0.15) is 5.78 Å². The van der Waals surface area contributed by atoms with E-state index in [4.69, 9.17) is 0 Å². The molecule has 1 N–H and O–H groups in total. The molecule has 0 heterocycles. The van der Waals surface area contributed by atoms with Crippen LogP contribution in [0.1, 0.15) is 20.8 Å². The van der Waals surface area contributed by atoms with Crippen LogP contribution >= 0.6 is 12.6 Å². The van der Waals surface area contributed by atoms with Crippen molar-refractivity contribution in [2.24, 2.45) is 0 Å². The largest absolute Gasteiger partial charge is 0.305 e. The van der Waals surface area contributed by atoms with Crippen LogP contribution in [-0.4, -0.2) is 23.6 Å². The number of Topliss-reactive ketones (excluding diaryl/α,β-unsaturated/α-hetero) is 1. The second kappa shape index (κ2) is 4.74. The molecule has 0 spiro atoms. The Morgan fingerprint density at radius 3 is 2.20 bits per heavy atom. The monoisotopic (exact) mass is 161 g/mol. The Kier molecular flexibility index (Phi) is 4.73. The lowest BCUT2D eigenvalue weighted by molar-refractivity contribution is -0.118. The van der Waals surface area contributed by atoms with E-state index in [0.29, 0.717) is 11.8 Å². The van der Waals surface area contributed by atoms with E-state index < -0.39 is 0 Å². The second-order valence-corrected chi connectivity index (χ2v) is 3.03. The van der Waals surface area contributed by atoms with Gasteiger partial charge in [0.25, 0.3) is 0 Å².